The SMILES string of the molecule is COC(=O)CCc1ccccc1C#CCC#N. The summed E-state index contributed by atoms with van der Waals surface area (Å²) in [5, 5.41) is 8.41. The van der Waals surface area contributed by atoms with Crippen molar-refractivity contribution in [2.45, 2.75) is 19.3 Å². The molecule has 3 heteroatoms. The topological polar surface area (TPSA) is 50.1 Å². The number of hydrogen-bond donors (Lipinski definition) is 0. The number of aryl methyl sites for hydroxylation is 1. The third-order valence-corrected chi connectivity index (χ3v) is 2.23. The van der Waals surface area contributed by atoms with Gasteiger partial charge in [-0.15, -0.1) is 0 Å². The highest BCUT2D eigenvalue weighted by Gasteiger charge is 2.04. The molecular weight excluding hydrogens is 214 g/mol. The first-order chi connectivity index (χ1) is 8.27. The number of ether oxygens (including phenoxy) is 1. The van der Waals surface area contributed by atoms with Gasteiger partial charge in [-0.25, -0.2) is 0 Å². The lowest BCUT2D eigenvalue weighted by Gasteiger charge is -2.03. The summed E-state index contributed by atoms with van der Waals surface area (Å²) in [4.78, 5) is 11.1. The van der Waals surface area contributed by atoms with Crippen molar-refractivity contribution in [3.63, 3.8) is 0 Å². The van der Waals surface area contributed by atoms with E-state index in [-0.39, 0.29) is 12.4 Å². The van der Waals surface area contributed by atoms with Gasteiger partial charge in [-0.3, -0.25) is 4.79 Å². The Morgan fingerprint density at radius 1 is 1.41 bits per heavy atom. The molecule has 0 atom stereocenters. The molecule has 0 amide bonds. The van der Waals surface area contributed by atoms with Gasteiger partial charge in [0.25, 0.3) is 0 Å². The lowest BCUT2D eigenvalue weighted by atomic mass is 10.0. The van der Waals surface area contributed by atoms with Crippen molar-refractivity contribution in [2.24, 2.45) is 0 Å². The molecule has 0 heterocycles. The first-order valence-corrected chi connectivity index (χ1v) is 5.28. The van der Waals surface area contributed by atoms with E-state index in [1.54, 1.807) is 0 Å². The minimum atomic E-state index is -0.232. The molecule has 0 unspecified atom stereocenters. The standard InChI is InChI=1S/C14H13NO2/c1-17-14(16)10-9-13-7-3-2-6-12(13)8-4-5-11-15/h2-3,6-7H,5,9-10H2,1H3. The first-order valence-electron chi connectivity index (χ1n) is 5.28. The second-order valence-electron chi connectivity index (χ2n) is 3.37. The Balaban J connectivity index is 2.76. The van der Waals surface area contributed by atoms with Crippen LogP contribution in [0.5, 0.6) is 0 Å². The maximum atomic E-state index is 11.1. The minimum absolute atomic E-state index is 0.214. The molecule has 1 aromatic rings. The van der Waals surface area contributed by atoms with Gasteiger partial charge in [0.15, 0.2) is 0 Å². The maximum Gasteiger partial charge on any atom is 0.305 e. The molecule has 86 valence electrons. The average molecular weight is 227 g/mol. The molecule has 0 bridgehead atoms. The number of carbonyl (C=O) groups is 1. The van der Waals surface area contributed by atoms with E-state index < -0.39 is 0 Å². The molecule has 1 aromatic carbocycles. The van der Waals surface area contributed by atoms with Gasteiger partial charge < -0.3 is 4.74 Å². The number of benzene rings is 1. The van der Waals surface area contributed by atoms with Crippen molar-refractivity contribution < 1.29 is 9.53 Å². The molecule has 0 aliphatic heterocycles. The van der Waals surface area contributed by atoms with Crippen LogP contribution in [0.15, 0.2) is 24.3 Å². The predicted molar refractivity (Wildman–Crippen MR) is 63.9 cm³/mol. The first kappa shape index (κ1) is 12.8. The third-order valence-electron chi connectivity index (χ3n) is 2.23. The van der Waals surface area contributed by atoms with Crippen LogP contribution in [0.25, 0.3) is 0 Å². The molecule has 0 radical (unpaired) electrons. The van der Waals surface area contributed by atoms with Gasteiger partial charge >= 0.3 is 5.97 Å². The zero-order chi connectivity index (χ0) is 12.5. The molecule has 0 fully saturated rings. The van der Waals surface area contributed by atoms with E-state index in [1.165, 1.54) is 7.11 Å². The smallest absolute Gasteiger partial charge is 0.305 e. The summed E-state index contributed by atoms with van der Waals surface area (Å²) in [6.45, 7) is 0. The van der Waals surface area contributed by atoms with Crippen LogP contribution in [0.1, 0.15) is 24.0 Å². The number of methoxy groups -OCH3 is 1. The Labute approximate surface area is 101 Å². The third kappa shape index (κ3) is 4.40. The second kappa shape index (κ2) is 7.09. The van der Waals surface area contributed by atoms with Crippen LogP contribution in [-0.2, 0) is 16.0 Å². The normalized spacial score (nSPS) is 8.71. The van der Waals surface area contributed by atoms with Gasteiger partial charge in [0, 0.05) is 12.0 Å². The van der Waals surface area contributed by atoms with Crippen molar-refractivity contribution in [3.05, 3.63) is 35.4 Å². The van der Waals surface area contributed by atoms with Gasteiger partial charge in [0.2, 0.25) is 0 Å². The monoisotopic (exact) mass is 227 g/mol. The lowest BCUT2D eigenvalue weighted by Crippen LogP contribution is -2.02. The summed E-state index contributed by atoms with van der Waals surface area (Å²) in [5.41, 5.74) is 1.87. The minimum Gasteiger partial charge on any atom is -0.469 e. The second-order valence-corrected chi connectivity index (χ2v) is 3.37. The Hall–Kier alpha value is -2.26. The van der Waals surface area contributed by atoms with Crippen LogP contribution in [0.4, 0.5) is 0 Å². The predicted octanol–water partition coefficient (Wildman–Crippen LogP) is 2.06. The fourth-order valence-electron chi connectivity index (χ4n) is 1.38. The summed E-state index contributed by atoms with van der Waals surface area (Å²) in [6, 6.07) is 9.58. The van der Waals surface area contributed by atoms with E-state index in [0.717, 1.165) is 11.1 Å². The highest BCUT2D eigenvalue weighted by molar-refractivity contribution is 5.69. The van der Waals surface area contributed by atoms with E-state index in [9.17, 15) is 4.79 Å². The molecule has 0 aliphatic carbocycles. The molecular formula is C14H13NO2. The number of nitrogens with zero attached hydrogens (tertiary/aromatic N) is 1. The van der Waals surface area contributed by atoms with Crippen LogP contribution in [0.3, 0.4) is 0 Å². The maximum absolute atomic E-state index is 11.1. The summed E-state index contributed by atoms with van der Waals surface area (Å²) in [7, 11) is 1.38. The molecule has 1 rings (SSSR count). The van der Waals surface area contributed by atoms with Crippen LogP contribution < -0.4 is 0 Å². The molecule has 0 saturated heterocycles. The fraction of sp³-hybridized carbons (Fsp3) is 0.286. The van der Waals surface area contributed by atoms with Crippen LogP contribution >= 0.6 is 0 Å². The summed E-state index contributed by atoms with van der Waals surface area (Å²) in [5.74, 6) is 5.47. The molecule has 17 heavy (non-hydrogen) atoms. The number of carbonyl (C=O) groups excluding carboxylic acids is 1. The number of nitriles is 1. The largest absolute Gasteiger partial charge is 0.469 e. The van der Waals surface area contributed by atoms with Crippen molar-refractivity contribution in [3.8, 4) is 17.9 Å². The summed E-state index contributed by atoms with van der Waals surface area (Å²) in [6.07, 6.45) is 1.16. The van der Waals surface area contributed by atoms with Gasteiger partial charge in [0.05, 0.1) is 19.6 Å². The Kier molecular flexibility index (Phi) is 5.34. The molecule has 0 N–H and O–H groups in total. The summed E-state index contributed by atoms with van der Waals surface area (Å²) < 4.78 is 4.59. The zero-order valence-electron chi connectivity index (χ0n) is 9.69. The lowest BCUT2D eigenvalue weighted by molar-refractivity contribution is -0.140. The molecule has 0 spiro atoms. The van der Waals surface area contributed by atoms with Crippen LogP contribution in [0, 0.1) is 23.2 Å². The average Bonchev–Trinajstić information content (AvgIpc) is 2.37. The Morgan fingerprint density at radius 2 is 2.18 bits per heavy atom. The fourth-order valence-corrected chi connectivity index (χ4v) is 1.38. The van der Waals surface area contributed by atoms with E-state index in [1.807, 2.05) is 30.3 Å². The number of esters is 1. The van der Waals surface area contributed by atoms with Gasteiger partial charge in [-0.05, 0) is 18.1 Å². The Bertz CT molecular complexity index is 489. The summed E-state index contributed by atoms with van der Waals surface area (Å²) >= 11 is 0. The number of rotatable bonds is 3. The van der Waals surface area contributed by atoms with Crippen LogP contribution in [0.2, 0.25) is 0 Å². The molecule has 3 nitrogen and oxygen atoms in total. The molecule has 0 aromatic heterocycles. The molecule has 0 aliphatic rings. The van der Waals surface area contributed by atoms with Gasteiger partial charge in [0.1, 0.15) is 0 Å². The highest BCUT2D eigenvalue weighted by atomic mass is 16.5. The van der Waals surface area contributed by atoms with Crippen molar-refractivity contribution in [1.82, 2.24) is 0 Å². The van der Waals surface area contributed by atoms with Crippen LogP contribution in [-0.4, -0.2) is 13.1 Å². The zero-order valence-corrected chi connectivity index (χ0v) is 9.69. The highest BCUT2D eigenvalue weighted by Crippen LogP contribution is 2.10. The molecule has 0 saturated carbocycles. The van der Waals surface area contributed by atoms with E-state index in [2.05, 4.69) is 16.6 Å². The van der Waals surface area contributed by atoms with E-state index in [4.69, 9.17) is 5.26 Å². The van der Waals surface area contributed by atoms with E-state index >= 15 is 0 Å². The Morgan fingerprint density at radius 3 is 2.88 bits per heavy atom. The van der Waals surface area contributed by atoms with Crippen molar-refractivity contribution in [1.29, 1.82) is 5.26 Å². The van der Waals surface area contributed by atoms with Gasteiger partial charge in [-0.1, -0.05) is 30.0 Å². The van der Waals surface area contributed by atoms with Crippen molar-refractivity contribution >= 4 is 5.97 Å². The number of hydrogen-bond acceptors (Lipinski definition) is 3. The quantitative estimate of drug-likeness (QED) is 0.586. The van der Waals surface area contributed by atoms with Crippen molar-refractivity contribution in [2.75, 3.05) is 7.11 Å². The van der Waals surface area contributed by atoms with Gasteiger partial charge in [-0.2, -0.15) is 5.26 Å². The van der Waals surface area contributed by atoms with E-state index in [0.29, 0.717) is 12.8 Å².